The van der Waals surface area contributed by atoms with Crippen molar-refractivity contribution in [3.8, 4) is 5.75 Å². The van der Waals surface area contributed by atoms with Crippen LogP contribution in [0.25, 0.3) is 0 Å². The van der Waals surface area contributed by atoms with E-state index in [1.807, 2.05) is 19.9 Å². The fourth-order valence-corrected chi connectivity index (χ4v) is 1.95. The van der Waals surface area contributed by atoms with Crippen molar-refractivity contribution in [3.05, 3.63) is 40.1 Å². The maximum atomic E-state index is 11.9. The van der Waals surface area contributed by atoms with Crippen molar-refractivity contribution in [2.45, 2.75) is 19.7 Å². The molecule has 0 spiro atoms. The van der Waals surface area contributed by atoms with Gasteiger partial charge in [-0.3, -0.25) is 4.79 Å². The van der Waals surface area contributed by atoms with Gasteiger partial charge in [-0.1, -0.05) is 17.7 Å². The number of halogens is 2. The quantitative estimate of drug-likeness (QED) is 0.857. The number of ether oxygens (including phenoxy) is 1. The van der Waals surface area contributed by atoms with Crippen LogP contribution in [-0.4, -0.2) is 13.0 Å². The molecule has 0 aliphatic rings. The average molecular weight is 288 g/mol. The average Bonchev–Trinajstić information content (AvgIpc) is 2.37. The number of hydrogen-bond donors (Lipinski definition) is 1. The molecule has 0 bridgehead atoms. The van der Waals surface area contributed by atoms with E-state index in [0.717, 1.165) is 5.70 Å². The lowest BCUT2D eigenvalue weighted by Crippen LogP contribution is -2.21. The highest BCUT2D eigenvalue weighted by Gasteiger charge is 2.14. The topological polar surface area (TPSA) is 38.3 Å². The number of alkyl halides is 1. The van der Waals surface area contributed by atoms with Crippen molar-refractivity contribution in [3.63, 3.8) is 0 Å². The fourth-order valence-electron chi connectivity index (χ4n) is 1.43. The zero-order valence-electron chi connectivity index (χ0n) is 10.5. The number of carbonyl (C=O) groups is 1. The molecule has 1 rings (SSSR count). The second-order valence-electron chi connectivity index (χ2n) is 3.71. The van der Waals surface area contributed by atoms with Gasteiger partial charge in [0.2, 0.25) is 0 Å². The maximum Gasteiger partial charge on any atom is 0.255 e. The van der Waals surface area contributed by atoms with Crippen molar-refractivity contribution in [2.75, 3.05) is 7.11 Å². The van der Waals surface area contributed by atoms with Crippen molar-refractivity contribution in [1.29, 1.82) is 0 Å². The molecule has 1 aromatic rings. The molecule has 0 unspecified atom stereocenters. The van der Waals surface area contributed by atoms with Gasteiger partial charge in [-0.05, 0) is 26.0 Å². The van der Waals surface area contributed by atoms with E-state index >= 15 is 0 Å². The fraction of sp³-hybridized carbons (Fsp3) is 0.308. The van der Waals surface area contributed by atoms with Crippen LogP contribution < -0.4 is 10.1 Å². The third-order valence-corrected chi connectivity index (χ3v) is 3.04. The summed E-state index contributed by atoms with van der Waals surface area (Å²) in [4.78, 5) is 11.9. The minimum Gasteiger partial charge on any atom is -0.495 e. The van der Waals surface area contributed by atoms with E-state index in [4.69, 9.17) is 27.9 Å². The van der Waals surface area contributed by atoms with Crippen LogP contribution in [0.3, 0.4) is 0 Å². The number of amides is 1. The molecule has 18 heavy (non-hydrogen) atoms. The Morgan fingerprint density at radius 1 is 1.50 bits per heavy atom. The summed E-state index contributed by atoms with van der Waals surface area (Å²) in [7, 11) is 1.51. The van der Waals surface area contributed by atoms with Gasteiger partial charge < -0.3 is 10.1 Å². The number of carbonyl (C=O) groups excluding carboxylic acids is 1. The molecule has 0 fully saturated rings. The summed E-state index contributed by atoms with van der Waals surface area (Å²) in [5.74, 6) is 0.513. The number of methoxy groups -OCH3 is 1. The van der Waals surface area contributed by atoms with Crippen molar-refractivity contribution < 1.29 is 9.53 Å². The largest absolute Gasteiger partial charge is 0.495 e. The lowest BCUT2D eigenvalue weighted by molar-refractivity contribution is 0.0966. The molecule has 0 aliphatic carbocycles. The first-order valence-electron chi connectivity index (χ1n) is 5.40. The molecule has 0 saturated heterocycles. The molecule has 98 valence electrons. The Balaban J connectivity index is 3.11. The van der Waals surface area contributed by atoms with Crippen molar-refractivity contribution >= 4 is 29.1 Å². The number of allylic oxidation sites excluding steroid dienone is 2. The van der Waals surface area contributed by atoms with Crippen molar-refractivity contribution in [1.82, 2.24) is 5.32 Å². The summed E-state index contributed by atoms with van der Waals surface area (Å²) >= 11 is 11.9. The maximum absolute atomic E-state index is 11.9. The van der Waals surface area contributed by atoms with Crippen LogP contribution in [0.2, 0.25) is 5.02 Å². The lowest BCUT2D eigenvalue weighted by atomic mass is 10.1. The molecule has 0 atom stereocenters. The van der Waals surface area contributed by atoms with E-state index in [1.54, 1.807) is 12.1 Å². The van der Waals surface area contributed by atoms with Gasteiger partial charge in [0, 0.05) is 16.8 Å². The van der Waals surface area contributed by atoms with Gasteiger partial charge in [0.25, 0.3) is 5.91 Å². The molecule has 0 radical (unpaired) electrons. The molecular formula is C13H15Cl2NO2. The van der Waals surface area contributed by atoms with Gasteiger partial charge in [-0.2, -0.15) is 0 Å². The minimum atomic E-state index is -0.221. The van der Waals surface area contributed by atoms with Crippen LogP contribution in [0, 0.1) is 0 Å². The van der Waals surface area contributed by atoms with Crippen LogP contribution in [0.5, 0.6) is 5.75 Å². The Morgan fingerprint density at radius 3 is 2.67 bits per heavy atom. The first kappa shape index (κ1) is 14.9. The van der Waals surface area contributed by atoms with Gasteiger partial charge in [0.15, 0.2) is 0 Å². The van der Waals surface area contributed by atoms with Crippen molar-refractivity contribution in [2.24, 2.45) is 0 Å². The van der Waals surface area contributed by atoms with E-state index in [1.165, 1.54) is 7.11 Å². The van der Waals surface area contributed by atoms with E-state index in [-0.39, 0.29) is 11.8 Å². The van der Waals surface area contributed by atoms with Crippen LogP contribution in [-0.2, 0) is 5.88 Å². The van der Waals surface area contributed by atoms with Crippen LogP contribution in [0.4, 0.5) is 0 Å². The summed E-state index contributed by atoms with van der Waals surface area (Å²) in [5.41, 5.74) is 1.92. The van der Waals surface area contributed by atoms with Gasteiger partial charge in [0.1, 0.15) is 5.75 Å². The lowest BCUT2D eigenvalue weighted by Gasteiger charge is -2.11. The number of benzene rings is 1. The normalized spacial score (nSPS) is 11.3. The predicted molar refractivity (Wildman–Crippen MR) is 74.5 cm³/mol. The Bertz CT molecular complexity index is 484. The van der Waals surface area contributed by atoms with E-state index < -0.39 is 0 Å². The highest BCUT2D eigenvalue weighted by Crippen LogP contribution is 2.31. The number of nitrogens with one attached hydrogen (secondary N) is 1. The third-order valence-electron chi connectivity index (χ3n) is 2.47. The second kappa shape index (κ2) is 6.66. The number of hydrogen-bond acceptors (Lipinski definition) is 2. The molecule has 0 saturated carbocycles. The monoisotopic (exact) mass is 287 g/mol. The summed E-state index contributed by atoms with van der Waals surface area (Å²) in [6.45, 7) is 3.66. The van der Waals surface area contributed by atoms with E-state index in [2.05, 4.69) is 5.32 Å². The summed E-state index contributed by atoms with van der Waals surface area (Å²) in [6.07, 6.45) is 1.81. The summed E-state index contributed by atoms with van der Waals surface area (Å²) in [5, 5.41) is 3.12. The molecule has 0 heterocycles. The predicted octanol–water partition coefficient (Wildman–Crippen LogP) is 3.74. The summed E-state index contributed by atoms with van der Waals surface area (Å²) in [6, 6.07) is 3.24. The Hall–Kier alpha value is -1.19. The third kappa shape index (κ3) is 3.40. The molecule has 5 heteroatoms. The molecule has 1 N–H and O–H groups in total. The molecule has 1 amide bonds. The molecule has 1 aromatic carbocycles. The van der Waals surface area contributed by atoms with Gasteiger partial charge in [0.05, 0.1) is 18.0 Å². The second-order valence-corrected chi connectivity index (χ2v) is 4.38. The Labute approximate surface area is 117 Å². The first-order valence-corrected chi connectivity index (χ1v) is 6.31. The van der Waals surface area contributed by atoms with Gasteiger partial charge in [-0.15, -0.1) is 11.6 Å². The highest BCUT2D eigenvalue weighted by atomic mass is 35.5. The Kier molecular flexibility index (Phi) is 5.51. The first-order chi connectivity index (χ1) is 8.53. The van der Waals surface area contributed by atoms with Crippen LogP contribution >= 0.6 is 23.2 Å². The molecule has 0 aromatic heterocycles. The van der Waals surface area contributed by atoms with E-state index in [9.17, 15) is 4.79 Å². The van der Waals surface area contributed by atoms with Crippen LogP contribution in [0.15, 0.2) is 23.9 Å². The molecule has 0 aliphatic heterocycles. The van der Waals surface area contributed by atoms with E-state index in [0.29, 0.717) is 21.9 Å². The smallest absolute Gasteiger partial charge is 0.255 e. The minimum absolute atomic E-state index is 0.221. The zero-order chi connectivity index (χ0) is 13.7. The zero-order valence-corrected chi connectivity index (χ0v) is 12.0. The Morgan fingerprint density at radius 2 is 2.17 bits per heavy atom. The number of rotatable bonds is 4. The van der Waals surface area contributed by atoms with Crippen LogP contribution in [0.1, 0.15) is 29.8 Å². The summed E-state index contributed by atoms with van der Waals surface area (Å²) < 4.78 is 5.14. The standard InChI is InChI=1S/C13H15Cl2NO2/c1-4-8(2)16-13(17)9-5-10(7-14)12(18-3)11(15)6-9/h4-6H,7H2,1-3H3,(H,16,17)/b8-4+. The highest BCUT2D eigenvalue weighted by molar-refractivity contribution is 6.32. The SMILES string of the molecule is C/C=C(\C)NC(=O)c1cc(Cl)c(OC)c(CCl)c1. The molecule has 3 nitrogen and oxygen atoms in total. The van der Waals surface area contributed by atoms with Gasteiger partial charge >= 0.3 is 0 Å². The van der Waals surface area contributed by atoms with Gasteiger partial charge in [-0.25, -0.2) is 0 Å². The molecular weight excluding hydrogens is 273 g/mol.